The number of carbonyl (C=O) groups excluding carboxylic acids is 2. The summed E-state index contributed by atoms with van der Waals surface area (Å²) in [6.07, 6.45) is 6.52. The zero-order chi connectivity index (χ0) is 13.2. The second-order valence-corrected chi connectivity index (χ2v) is 6.10. The molecule has 0 aromatic rings. The fraction of sp³-hybridized carbons (Fsp3) is 0.857. The molecule has 0 bridgehead atoms. The van der Waals surface area contributed by atoms with Crippen molar-refractivity contribution < 1.29 is 9.59 Å². The smallest absolute Gasteiger partial charge is 0.243 e. The van der Waals surface area contributed by atoms with Crippen LogP contribution >= 0.6 is 12.4 Å². The van der Waals surface area contributed by atoms with Gasteiger partial charge in [0.05, 0.1) is 6.54 Å². The molecule has 0 aromatic carbocycles. The molecule has 2 saturated carbocycles. The zero-order valence-electron chi connectivity index (χ0n) is 11.8. The average molecular weight is 302 g/mol. The second kappa shape index (κ2) is 6.76. The van der Waals surface area contributed by atoms with Crippen LogP contribution in [0.4, 0.5) is 0 Å². The average Bonchev–Trinajstić information content (AvgIpc) is 3.31. The number of rotatable bonds is 6. The van der Waals surface area contributed by atoms with Gasteiger partial charge < -0.3 is 15.5 Å². The Morgan fingerprint density at radius 1 is 1.10 bits per heavy atom. The lowest BCUT2D eigenvalue weighted by Crippen LogP contribution is -2.49. The normalized spacial score (nSPS) is 25.2. The molecule has 20 heavy (non-hydrogen) atoms. The standard InChI is InChI=1S/C14H23N3O2.ClH/c18-13(9-15-8-10-3-4-10)17-7-1-2-12(17)14(19)16-11-5-6-11;/h10-12,15H,1-9H2,(H,16,19);1H. The van der Waals surface area contributed by atoms with E-state index in [0.717, 1.165) is 44.7 Å². The highest BCUT2D eigenvalue weighted by atomic mass is 35.5. The van der Waals surface area contributed by atoms with Gasteiger partial charge in [-0.3, -0.25) is 9.59 Å². The minimum atomic E-state index is -0.226. The van der Waals surface area contributed by atoms with Crippen molar-refractivity contribution in [2.75, 3.05) is 19.6 Å². The van der Waals surface area contributed by atoms with E-state index in [1.165, 1.54) is 12.8 Å². The van der Waals surface area contributed by atoms with Gasteiger partial charge in [-0.15, -0.1) is 12.4 Å². The van der Waals surface area contributed by atoms with Gasteiger partial charge in [-0.05, 0) is 51.0 Å². The molecule has 1 saturated heterocycles. The molecule has 6 heteroatoms. The molecule has 5 nitrogen and oxygen atoms in total. The molecule has 3 rings (SSSR count). The fourth-order valence-electron chi connectivity index (χ4n) is 2.67. The quantitative estimate of drug-likeness (QED) is 0.758. The van der Waals surface area contributed by atoms with Crippen molar-refractivity contribution in [2.45, 2.75) is 50.6 Å². The highest BCUT2D eigenvalue weighted by molar-refractivity contribution is 5.89. The predicted molar refractivity (Wildman–Crippen MR) is 78.7 cm³/mol. The van der Waals surface area contributed by atoms with Crippen LogP contribution in [0.25, 0.3) is 0 Å². The van der Waals surface area contributed by atoms with Crippen molar-refractivity contribution in [1.29, 1.82) is 0 Å². The Morgan fingerprint density at radius 3 is 2.50 bits per heavy atom. The van der Waals surface area contributed by atoms with E-state index in [4.69, 9.17) is 0 Å². The van der Waals surface area contributed by atoms with Gasteiger partial charge in [0.25, 0.3) is 0 Å². The van der Waals surface area contributed by atoms with Crippen LogP contribution in [0, 0.1) is 5.92 Å². The molecule has 3 fully saturated rings. The summed E-state index contributed by atoms with van der Waals surface area (Å²) in [6, 6.07) is 0.147. The molecule has 1 unspecified atom stereocenters. The number of amides is 2. The molecule has 3 aliphatic rings. The Kier molecular flexibility index (Phi) is 5.27. The third-order valence-corrected chi connectivity index (χ3v) is 4.21. The third kappa shape index (κ3) is 4.09. The maximum absolute atomic E-state index is 12.1. The van der Waals surface area contributed by atoms with Gasteiger partial charge >= 0.3 is 0 Å². The number of hydrogen-bond acceptors (Lipinski definition) is 3. The van der Waals surface area contributed by atoms with Gasteiger partial charge in [-0.25, -0.2) is 0 Å². The van der Waals surface area contributed by atoms with Gasteiger partial charge in [0.1, 0.15) is 6.04 Å². The van der Waals surface area contributed by atoms with E-state index < -0.39 is 0 Å². The van der Waals surface area contributed by atoms with Crippen molar-refractivity contribution in [2.24, 2.45) is 5.92 Å². The Bertz CT molecular complexity index is 369. The molecule has 2 amide bonds. The molecule has 2 N–H and O–H groups in total. The summed E-state index contributed by atoms with van der Waals surface area (Å²) in [5, 5.41) is 6.23. The van der Waals surface area contributed by atoms with Gasteiger partial charge in [-0.2, -0.15) is 0 Å². The van der Waals surface area contributed by atoms with Crippen molar-refractivity contribution in [3.63, 3.8) is 0 Å². The summed E-state index contributed by atoms with van der Waals surface area (Å²) in [7, 11) is 0. The third-order valence-electron chi connectivity index (χ3n) is 4.21. The van der Waals surface area contributed by atoms with Crippen LogP contribution < -0.4 is 10.6 Å². The van der Waals surface area contributed by atoms with Crippen molar-refractivity contribution >= 4 is 24.2 Å². The van der Waals surface area contributed by atoms with Crippen LogP contribution in [-0.2, 0) is 9.59 Å². The highest BCUT2D eigenvalue weighted by Crippen LogP contribution is 2.27. The van der Waals surface area contributed by atoms with E-state index in [-0.39, 0.29) is 30.3 Å². The summed E-state index contributed by atoms with van der Waals surface area (Å²) >= 11 is 0. The largest absolute Gasteiger partial charge is 0.352 e. The molecule has 0 aromatic heterocycles. The number of nitrogens with zero attached hydrogens (tertiary/aromatic N) is 1. The molecule has 0 radical (unpaired) electrons. The first-order valence-corrected chi connectivity index (χ1v) is 7.54. The van der Waals surface area contributed by atoms with Crippen LogP contribution in [0.5, 0.6) is 0 Å². The Morgan fingerprint density at radius 2 is 1.85 bits per heavy atom. The van der Waals surface area contributed by atoms with Crippen LogP contribution in [0.15, 0.2) is 0 Å². The van der Waals surface area contributed by atoms with Crippen molar-refractivity contribution in [3.05, 3.63) is 0 Å². The molecule has 0 spiro atoms. The summed E-state index contributed by atoms with van der Waals surface area (Å²) in [5.41, 5.74) is 0. The Balaban J connectivity index is 0.00000147. The Labute approximate surface area is 126 Å². The fourth-order valence-corrected chi connectivity index (χ4v) is 2.67. The summed E-state index contributed by atoms with van der Waals surface area (Å²) in [6.45, 7) is 2.05. The van der Waals surface area contributed by atoms with Crippen LogP contribution in [-0.4, -0.2) is 48.4 Å². The van der Waals surface area contributed by atoms with E-state index >= 15 is 0 Å². The topological polar surface area (TPSA) is 61.4 Å². The van der Waals surface area contributed by atoms with Crippen LogP contribution in [0.3, 0.4) is 0 Å². The lowest BCUT2D eigenvalue weighted by Gasteiger charge is -2.24. The van der Waals surface area contributed by atoms with Crippen molar-refractivity contribution in [1.82, 2.24) is 15.5 Å². The van der Waals surface area contributed by atoms with Crippen LogP contribution in [0.1, 0.15) is 38.5 Å². The van der Waals surface area contributed by atoms with E-state index in [0.29, 0.717) is 12.6 Å². The number of carbonyl (C=O) groups is 2. The van der Waals surface area contributed by atoms with E-state index in [1.54, 1.807) is 4.90 Å². The predicted octanol–water partition coefficient (Wildman–Crippen LogP) is 0.677. The van der Waals surface area contributed by atoms with Gasteiger partial charge in [-0.1, -0.05) is 0 Å². The van der Waals surface area contributed by atoms with Gasteiger partial charge in [0.2, 0.25) is 11.8 Å². The number of nitrogens with one attached hydrogen (secondary N) is 2. The molecule has 1 heterocycles. The first kappa shape index (κ1) is 15.6. The number of likely N-dealkylation sites (tertiary alicyclic amines) is 1. The van der Waals surface area contributed by atoms with Gasteiger partial charge in [0, 0.05) is 12.6 Å². The zero-order valence-corrected chi connectivity index (χ0v) is 12.6. The molecular weight excluding hydrogens is 278 g/mol. The van der Waals surface area contributed by atoms with E-state index in [2.05, 4.69) is 10.6 Å². The molecule has 2 aliphatic carbocycles. The van der Waals surface area contributed by atoms with E-state index in [9.17, 15) is 9.59 Å². The molecule has 1 aliphatic heterocycles. The minimum Gasteiger partial charge on any atom is -0.352 e. The lowest BCUT2D eigenvalue weighted by molar-refractivity contribution is -0.137. The highest BCUT2D eigenvalue weighted by Gasteiger charge is 2.36. The summed E-state index contributed by atoms with van der Waals surface area (Å²) in [5.74, 6) is 0.907. The first-order valence-electron chi connectivity index (χ1n) is 7.54. The summed E-state index contributed by atoms with van der Waals surface area (Å²) < 4.78 is 0. The van der Waals surface area contributed by atoms with Crippen LogP contribution in [0.2, 0.25) is 0 Å². The molecule has 1 atom stereocenters. The number of hydrogen-bond donors (Lipinski definition) is 2. The summed E-state index contributed by atoms with van der Waals surface area (Å²) in [4.78, 5) is 26.0. The second-order valence-electron chi connectivity index (χ2n) is 6.10. The number of halogens is 1. The molecular formula is C14H24ClN3O2. The van der Waals surface area contributed by atoms with Gasteiger partial charge in [0.15, 0.2) is 0 Å². The van der Waals surface area contributed by atoms with E-state index in [1.807, 2.05) is 0 Å². The SMILES string of the molecule is Cl.O=C(NC1CC1)C1CCCN1C(=O)CNCC1CC1. The first-order chi connectivity index (χ1) is 9.24. The van der Waals surface area contributed by atoms with Crippen molar-refractivity contribution in [3.8, 4) is 0 Å². The maximum Gasteiger partial charge on any atom is 0.243 e. The monoisotopic (exact) mass is 301 g/mol. The lowest BCUT2D eigenvalue weighted by atomic mass is 10.2. The Hall–Kier alpha value is -0.810. The maximum atomic E-state index is 12.1. The minimum absolute atomic E-state index is 0. The molecule has 114 valence electrons.